The zero-order valence-corrected chi connectivity index (χ0v) is 17.6. The van der Waals surface area contributed by atoms with E-state index in [1.807, 2.05) is 50.2 Å². The smallest absolute Gasteiger partial charge is 0.252 e. The first-order valence-corrected chi connectivity index (χ1v) is 10.2. The molecular weight excluding hydrogens is 395 g/mol. The average Bonchev–Trinajstić information content (AvgIpc) is 2.76. The maximum absolute atomic E-state index is 14.7. The number of rotatable bonds is 9. The van der Waals surface area contributed by atoms with Crippen LogP contribution in [0.15, 0.2) is 54.9 Å². The summed E-state index contributed by atoms with van der Waals surface area (Å²) in [5.74, 6) is -1.30. The predicted molar refractivity (Wildman–Crippen MR) is 122 cm³/mol. The highest BCUT2D eigenvalue weighted by Crippen LogP contribution is 2.27. The highest BCUT2D eigenvalue weighted by molar-refractivity contribution is 5.98. The average molecular weight is 423 g/mol. The third kappa shape index (κ3) is 5.55. The van der Waals surface area contributed by atoms with Crippen molar-refractivity contribution in [2.45, 2.75) is 38.8 Å². The van der Waals surface area contributed by atoms with Gasteiger partial charge in [0.25, 0.3) is 5.91 Å². The van der Waals surface area contributed by atoms with Gasteiger partial charge in [-0.1, -0.05) is 43.7 Å². The molecule has 0 saturated heterocycles. The number of nitrogens with one attached hydrogen (secondary N) is 2. The van der Waals surface area contributed by atoms with Gasteiger partial charge in [0, 0.05) is 23.8 Å². The first-order valence-electron chi connectivity index (χ1n) is 10.2. The predicted octanol–water partition coefficient (Wildman–Crippen LogP) is 4.05. The third-order valence-electron chi connectivity index (χ3n) is 4.91. The van der Waals surface area contributed by atoms with Gasteiger partial charge < -0.3 is 22.1 Å². The number of nitrogens with zero attached hydrogens (tertiary/aromatic N) is 2. The van der Waals surface area contributed by atoms with Crippen molar-refractivity contribution in [2.75, 3.05) is 10.6 Å². The minimum Gasteiger partial charge on any atom is -0.365 e. The summed E-state index contributed by atoms with van der Waals surface area (Å²) < 4.78 is 14.7. The topological polar surface area (TPSA) is 119 Å². The Morgan fingerprint density at radius 2 is 1.87 bits per heavy atom. The molecule has 162 valence electrons. The first-order chi connectivity index (χ1) is 14.9. The minimum absolute atomic E-state index is 0.00965. The van der Waals surface area contributed by atoms with E-state index in [0.717, 1.165) is 30.0 Å². The van der Waals surface area contributed by atoms with Crippen molar-refractivity contribution in [3.8, 4) is 11.1 Å². The Kier molecular flexibility index (Phi) is 7.15. The Morgan fingerprint density at radius 1 is 1.13 bits per heavy atom. The molecule has 1 aromatic carbocycles. The van der Waals surface area contributed by atoms with Crippen LogP contribution in [0.4, 0.5) is 21.7 Å². The molecule has 2 atom stereocenters. The zero-order valence-electron chi connectivity index (χ0n) is 17.6. The molecule has 0 radical (unpaired) electrons. The van der Waals surface area contributed by atoms with Crippen LogP contribution >= 0.6 is 0 Å². The van der Waals surface area contributed by atoms with E-state index < -0.39 is 11.7 Å². The van der Waals surface area contributed by atoms with Gasteiger partial charge in [-0.3, -0.25) is 9.78 Å². The van der Waals surface area contributed by atoms with Crippen LogP contribution < -0.4 is 22.1 Å². The SMILES string of the molecule is CCC[C@@H](Nc1nc(Nc2cncc(-c3ccccc3)c2)c(C(N)=O)cc1F)[C@H](C)N. The molecule has 7 nitrogen and oxygen atoms in total. The highest BCUT2D eigenvalue weighted by atomic mass is 19.1. The van der Waals surface area contributed by atoms with Crippen LogP contribution in [-0.4, -0.2) is 28.0 Å². The van der Waals surface area contributed by atoms with Crippen molar-refractivity contribution in [1.82, 2.24) is 9.97 Å². The highest BCUT2D eigenvalue weighted by Gasteiger charge is 2.20. The number of aromatic nitrogens is 2. The summed E-state index contributed by atoms with van der Waals surface area (Å²) in [5.41, 5.74) is 13.9. The van der Waals surface area contributed by atoms with E-state index in [1.54, 1.807) is 12.4 Å². The number of pyridine rings is 2. The summed E-state index contributed by atoms with van der Waals surface area (Å²) in [6, 6.07) is 12.3. The first kappa shape index (κ1) is 22.2. The molecule has 0 bridgehead atoms. The zero-order chi connectivity index (χ0) is 22.4. The fourth-order valence-corrected chi connectivity index (χ4v) is 3.26. The molecule has 2 heterocycles. The molecule has 0 unspecified atom stereocenters. The van der Waals surface area contributed by atoms with Gasteiger partial charge in [-0.15, -0.1) is 0 Å². The van der Waals surface area contributed by atoms with Crippen LogP contribution in [0, 0.1) is 5.82 Å². The molecular formula is C23H27FN6O. The standard InChI is InChI=1S/C23H27FN6O/c1-3-7-20(14(2)25)29-23-19(24)11-18(21(26)31)22(30-23)28-17-10-16(12-27-13-17)15-8-5-4-6-9-15/h4-6,8-14,20H,3,7,25H2,1-2H3,(H2,26,31)(H2,28,29,30)/t14-,20+/m0/s1. The lowest BCUT2D eigenvalue weighted by molar-refractivity contribution is 0.100. The minimum atomic E-state index is -0.787. The molecule has 3 aromatic rings. The molecule has 0 fully saturated rings. The summed E-state index contributed by atoms with van der Waals surface area (Å²) in [5, 5.41) is 6.11. The van der Waals surface area contributed by atoms with Gasteiger partial charge in [0.1, 0.15) is 5.82 Å². The second-order valence-electron chi connectivity index (χ2n) is 7.43. The molecule has 2 aromatic heterocycles. The fourth-order valence-electron chi connectivity index (χ4n) is 3.26. The van der Waals surface area contributed by atoms with Crippen LogP contribution in [0.1, 0.15) is 37.0 Å². The van der Waals surface area contributed by atoms with E-state index in [1.165, 1.54) is 0 Å². The lowest BCUT2D eigenvalue weighted by Crippen LogP contribution is -2.38. The van der Waals surface area contributed by atoms with E-state index >= 15 is 0 Å². The Labute approximate surface area is 181 Å². The molecule has 0 saturated carbocycles. The van der Waals surface area contributed by atoms with Gasteiger partial charge in [0.05, 0.1) is 17.4 Å². The molecule has 0 aliphatic rings. The number of halogens is 1. The molecule has 0 spiro atoms. The number of carbonyl (C=O) groups is 1. The Balaban J connectivity index is 1.95. The number of hydrogen-bond donors (Lipinski definition) is 4. The van der Waals surface area contributed by atoms with Crippen molar-refractivity contribution < 1.29 is 9.18 Å². The summed E-state index contributed by atoms with van der Waals surface area (Å²) in [6.45, 7) is 3.87. The van der Waals surface area contributed by atoms with Crippen LogP contribution in [0.3, 0.4) is 0 Å². The van der Waals surface area contributed by atoms with Crippen molar-refractivity contribution in [2.24, 2.45) is 11.5 Å². The number of carbonyl (C=O) groups excluding carboxylic acids is 1. The number of primary amides is 1. The van der Waals surface area contributed by atoms with Gasteiger partial charge in [-0.25, -0.2) is 9.37 Å². The summed E-state index contributed by atoms with van der Waals surface area (Å²) in [6.07, 6.45) is 4.96. The van der Waals surface area contributed by atoms with Gasteiger partial charge in [-0.05, 0) is 31.0 Å². The third-order valence-corrected chi connectivity index (χ3v) is 4.91. The van der Waals surface area contributed by atoms with Gasteiger partial charge in [-0.2, -0.15) is 0 Å². The van der Waals surface area contributed by atoms with E-state index in [4.69, 9.17) is 11.5 Å². The molecule has 1 amide bonds. The van der Waals surface area contributed by atoms with Gasteiger partial charge >= 0.3 is 0 Å². The van der Waals surface area contributed by atoms with Crippen LogP contribution in [0.25, 0.3) is 11.1 Å². The normalized spacial score (nSPS) is 12.8. The fraction of sp³-hybridized carbons (Fsp3) is 0.261. The largest absolute Gasteiger partial charge is 0.365 e. The van der Waals surface area contributed by atoms with E-state index in [9.17, 15) is 9.18 Å². The Bertz CT molecular complexity index is 1040. The van der Waals surface area contributed by atoms with Gasteiger partial charge in [0.15, 0.2) is 11.6 Å². The number of benzene rings is 1. The second kappa shape index (κ2) is 9.99. The summed E-state index contributed by atoms with van der Waals surface area (Å²) in [4.78, 5) is 20.5. The van der Waals surface area contributed by atoms with E-state index in [-0.39, 0.29) is 29.3 Å². The monoisotopic (exact) mass is 422 g/mol. The van der Waals surface area contributed by atoms with Crippen molar-refractivity contribution in [3.63, 3.8) is 0 Å². The van der Waals surface area contributed by atoms with E-state index in [2.05, 4.69) is 20.6 Å². The quantitative estimate of drug-likeness (QED) is 0.413. The number of hydrogen-bond acceptors (Lipinski definition) is 6. The second-order valence-corrected chi connectivity index (χ2v) is 7.43. The van der Waals surface area contributed by atoms with Crippen molar-refractivity contribution in [3.05, 3.63) is 66.2 Å². The molecule has 0 aliphatic heterocycles. The summed E-state index contributed by atoms with van der Waals surface area (Å²) >= 11 is 0. The maximum Gasteiger partial charge on any atom is 0.252 e. The van der Waals surface area contributed by atoms with Gasteiger partial charge in [0.2, 0.25) is 0 Å². The molecule has 0 aliphatic carbocycles. The van der Waals surface area contributed by atoms with Crippen LogP contribution in [0.5, 0.6) is 0 Å². The van der Waals surface area contributed by atoms with Crippen LogP contribution in [0.2, 0.25) is 0 Å². The lowest BCUT2D eigenvalue weighted by Gasteiger charge is -2.23. The molecule has 6 N–H and O–H groups in total. The molecule has 31 heavy (non-hydrogen) atoms. The number of anilines is 3. The van der Waals surface area contributed by atoms with Crippen molar-refractivity contribution >= 4 is 23.2 Å². The maximum atomic E-state index is 14.7. The van der Waals surface area contributed by atoms with E-state index in [0.29, 0.717) is 5.69 Å². The Morgan fingerprint density at radius 3 is 2.52 bits per heavy atom. The number of nitrogens with two attached hydrogens (primary N) is 2. The molecule has 8 heteroatoms. The van der Waals surface area contributed by atoms with Crippen molar-refractivity contribution in [1.29, 1.82) is 0 Å². The lowest BCUT2D eigenvalue weighted by atomic mass is 10.1. The summed E-state index contributed by atoms with van der Waals surface area (Å²) in [7, 11) is 0. The number of amides is 1. The Hall–Kier alpha value is -3.52. The van der Waals surface area contributed by atoms with Crippen LogP contribution in [-0.2, 0) is 0 Å². The molecule has 3 rings (SSSR count).